The van der Waals surface area contributed by atoms with Gasteiger partial charge in [0.25, 0.3) is 5.78 Å². The molecule has 10 heteroatoms. The van der Waals surface area contributed by atoms with Crippen molar-refractivity contribution in [3.8, 4) is 5.75 Å². The molecule has 7 nitrogen and oxygen atoms in total. The first-order valence-corrected chi connectivity index (χ1v) is 15.0. The number of aliphatic hydroxyl groups excluding tert-OH is 1. The lowest BCUT2D eigenvalue weighted by molar-refractivity contribution is -0.132. The van der Waals surface area contributed by atoms with Crippen LogP contribution >= 0.6 is 23.1 Å². The number of halogens is 1. The number of unbranched alkanes of at least 4 members (excludes halogenated alkanes) is 1. The molecule has 5 rings (SSSR count). The molecule has 210 valence electrons. The van der Waals surface area contributed by atoms with Gasteiger partial charge in [0.05, 0.1) is 18.2 Å². The van der Waals surface area contributed by atoms with Crippen molar-refractivity contribution in [3.63, 3.8) is 0 Å². The summed E-state index contributed by atoms with van der Waals surface area (Å²) >= 11 is 2.68. The lowest BCUT2D eigenvalue weighted by atomic mass is 9.95. The highest BCUT2D eigenvalue weighted by Crippen LogP contribution is 2.44. The van der Waals surface area contributed by atoms with E-state index in [0.717, 1.165) is 18.4 Å². The largest absolute Gasteiger partial charge is 0.507 e. The number of hydrogen-bond acceptors (Lipinski definition) is 8. The van der Waals surface area contributed by atoms with Gasteiger partial charge < -0.3 is 9.84 Å². The number of aliphatic hydroxyl groups is 1. The van der Waals surface area contributed by atoms with E-state index in [9.17, 15) is 19.1 Å². The van der Waals surface area contributed by atoms with Gasteiger partial charge in [-0.25, -0.2) is 4.39 Å². The van der Waals surface area contributed by atoms with Crippen LogP contribution in [0.2, 0.25) is 0 Å². The molecule has 1 fully saturated rings. The fraction of sp³-hybridized carbons (Fsp3) is 0.226. The Balaban J connectivity index is 1.53. The zero-order valence-electron chi connectivity index (χ0n) is 22.5. The van der Waals surface area contributed by atoms with Crippen LogP contribution in [0.15, 0.2) is 82.7 Å². The topological polar surface area (TPSA) is 92.6 Å². The number of ether oxygens (including phenoxy) is 1. The fourth-order valence-electron chi connectivity index (χ4n) is 4.40. The summed E-state index contributed by atoms with van der Waals surface area (Å²) in [5, 5.41) is 20.0. The minimum Gasteiger partial charge on any atom is -0.507 e. The second-order valence-corrected chi connectivity index (χ2v) is 11.8. The van der Waals surface area contributed by atoms with Gasteiger partial charge in [-0.3, -0.25) is 14.5 Å². The third-order valence-corrected chi connectivity index (χ3v) is 8.71. The second-order valence-electron chi connectivity index (χ2n) is 9.58. The number of Topliss-reactive ketones (excluding diaryl/α,β-unsaturated/α-hetero) is 1. The average molecular weight is 590 g/mol. The number of benzene rings is 3. The van der Waals surface area contributed by atoms with E-state index in [1.807, 2.05) is 31.2 Å². The van der Waals surface area contributed by atoms with Gasteiger partial charge in [-0.1, -0.05) is 78.4 Å². The number of ketones is 1. The lowest BCUT2D eigenvalue weighted by Crippen LogP contribution is -2.29. The Bertz CT molecular complexity index is 1590. The van der Waals surface area contributed by atoms with Crippen LogP contribution in [0, 0.1) is 12.7 Å². The average Bonchev–Trinajstić information content (AvgIpc) is 3.55. The monoisotopic (exact) mass is 589 g/mol. The molecule has 1 aliphatic heterocycles. The molecule has 1 aromatic heterocycles. The molecule has 1 atom stereocenters. The van der Waals surface area contributed by atoms with Crippen LogP contribution < -0.4 is 9.64 Å². The molecule has 1 saturated heterocycles. The maximum Gasteiger partial charge on any atom is 0.301 e. The van der Waals surface area contributed by atoms with Crippen molar-refractivity contribution in [3.05, 3.63) is 106 Å². The molecule has 0 radical (unpaired) electrons. The standard InChI is InChI=1S/C31H28FN3O4S2/c1-3-4-16-39-24-7-5-6-22(17-24)26-25(27(36)21-12-14-23(32)15-13-21)28(37)29(38)35(26)30-33-34-31(41-30)40-18-20-10-8-19(2)9-11-20/h5-15,17,26,36H,3-4,16,18H2,1-2H3/b27-25+. The first-order valence-electron chi connectivity index (χ1n) is 13.2. The van der Waals surface area contributed by atoms with E-state index in [0.29, 0.717) is 28.0 Å². The van der Waals surface area contributed by atoms with Gasteiger partial charge in [0, 0.05) is 11.3 Å². The Morgan fingerprint density at radius 3 is 2.56 bits per heavy atom. The summed E-state index contributed by atoms with van der Waals surface area (Å²) in [5.41, 5.74) is 2.96. The molecule has 3 aromatic carbocycles. The van der Waals surface area contributed by atoms with E-state index in [4.69, 9.17) is 4.74 Å². The molecule has 2 heterocycles. The van der Waals surface area contributed by atoms with Crippen molar-refractivity contribution in [2.45, 2.75) is 42.8 Å². The highest BCUT2D eigenvalue weighted by molar-refractivity contribution is 8.00. The predicted molar refractivity (Wildman–Crippen MR) is 159 cm³/mol. The maximum atomic E-state index is 13.6. The summed E-state index contributed by atoms with van der Waals surface area (Å²) in [6.45, 7) is 4.62. The Kier molecular flexibility index (Phi) is 8.80. The number of nitrogens with zero attached hydrogens (tertiary/aromatic N) is 3. The summed E-state index contributed by atoms with van der Waals surface area (Å²) in [4.78, 5) is 28.2. The normalized spacial score (nSPS) is 16.4. The highest BCUT2D eigenvalue weighted by Gasteiger charge is 2.48. The van der Waals surface area contributed by atoms with Crippen molar-refractivity contribution < 1.29 is 23.8 Å². The highest BCUT2D eigenvalue weighted by atomic mass is 32.2. The van der Waals surface area contributed by atoms with E-state index in [1.54, 1.807) is 24.3 Å². The van der Waals surface area contributed by atoms with E-state index in [1.165, 1.54) is 57.8 Å². The number of carbonyl (C=O) groups is 2. The van der Waals surface area contributed by atoms with E-state index in [-0.39, 0.29) is 16.3 Å². The predicted octanol–water partition coefficient (Wildman–Crippen LogP) is 7.08. The van der Waals surface area contributed by atoms with Gasteiger partial charge >= 0.3 is 5.91 Å². The molecule has 1 unspecified atom stereocenters. The van der Waals surface area contributed by atoms with Gasteiger partial charge in [-0.05, 0) is 60.9 Å². The third-order valence-electron chi connectivity index (χ3n) is 6.59. The van der Waals surface area contributed by atoms with E-state index in [2.05, 4.69) is 17.1 Å². The minimum atomic E-state index is -0.988. The molecule has 0 bridgehead atoms. The summed E-state index contributed by atoms with van der Waals surface area (Å²) < 4.78 is 20.1. The van der Waals surface area contributed by atoms with Crippen molar-refractivity contribution in [1.82, 2.24) is 10.2 Å². The first kappa shape index (κ1) is 28.5. The summed E-state index contributed by atoms with van der Waals surface area (Å²) in [6, 6.07) is 19.4. The van der Waals surface area contributed by atoms with Crippen molar-refractivity contribution >= 4 is 45.7 Å². The molecule has 1 amide bonds. The SMILES string of the molecule is CCCCOc1cccc(C2/C(=C(\O)c3ccc(F)cc3)C(=O)C(=O)N2c2nnc(SCc3ccc(C)cc3)s2)c1. The quantitative estimate of drug-likeness (QED) is 0.0528. The van der Waals surface area contributed by atoms with Gasteiger partial charge in [-0.15, -0.1) is 10.2 Å². The van der Waals surface area contributed by atoms with Crippen molar-refractivity contribution in [2.24, 2.45) is 0 Å². The zero-order valence-corrected chi connectivity index (χ0v) is 24.2. The van der Waals surface area contributed by atoms with Crippen LogP contribution in [0.25, 0.3) is 5.76 Å². The van der Waals surface area contributed by atoms with Gasteiger partial charge in [0.2, 0.25) is 5.13 Å². The Morgan fingerprint density at radius 2 is 1.83 bits per heavy atom. The van der Waals surface area contributed by atoms with Gasteiger partial charge in [0.15, 0.2) is 4.34 Å². The summed E-state index contributed by atoms with van der Waals surface area (Å²) in [5.74, 6) is -1.33. The van der Waals surface area contributed by atoms with Crippen LogP contribution in [0.1, 0.15) is 48.1 Å². The van der Waals surface area contributed by atoms with E-state index < -0.39 is 29.3 Å². The molecule has 0 saturated carbocycles. The third kappa shape index (κ3) is 6.34. The number of amides is 1. The number of aryl methyl sites for hydroxylation is 1. The zero-order chi connectivity index (χ0) is 28.9. The molecule has 1 N–H and O–H groups in total. The van der Waals surface area contributed by atoms with Gasteiger partial charge in [-0.2, -0.15) is 0 Å². The first-order chi connectivity index (χ1) is 19.9. The molecule has 0 spiro atoms. The van der Waals surface area contributed by atoms with Crippen LogP contribution in [0.5, 0.6) is 5.75 Å². The summed E-state index contributed by atoms with van der Waals surface area (Å²) in [7, 11) is 0. The van der Waals surface area contributed by atoms with Crippen LogP contribution in [0.3, 0.4) is 0 Å². The molecule has 0 aliphatic carbocycles. The fourth-order valence-corrected chi connectivity index (χ4v) is 6.23. The molecular formula is C31H28FN3O4S2. The molecule has 41 heavy (non-hydrogen) atoms. The molecule has 4 aromatic rings. The number of carbonyl (C=O) groups excluding carboxylic acids is 2. The van der Waals surface area contributed by atoms with Crippen molar-refractivity contribution in [1.29, 1.82) is 0 Å². The minimum absolute atomic E-state index is 0.114. The smallest absolute Gasteiger partial charge is 0.301 e. The maximum absolute atomic E-state index is 13.6. The second kappa shape index (κ2) is 12.7. The Hall–Kier alpha value is -4.02. The Labute approximate surface area is 245 Å². The molecular weight excluding hydrogens is 561 g/mol. The van der Waals surface area contributed by atoms with Crippen LogP contribution in [-0.2, 0) is 15.3 Å². The van der Waals surface area contributed by atoms with Gasteiger partial charge in [0.1, 0.15) is 17.3 Å². The number of rotatable bonds is 10. The summed E-state index contributed by atoms with van der Waals surface area (Å²) in [6.07, 6.45) is 1.85. The lowest BCUT2D eigenvalue weighted by Gasteiger charge is -2.23. The number of anilines is 1. The van der Waals surface area contributed by atoms with Crippen molar-refractivity contribution in [2.75, 3.05) is 11.5 Å². The number of hydrogen-bond donors (Lipinski definition) is 1. The Morgan fingerprint density at radius 1 is 1.07 bits per heavy atom. The number of thioether (sulfide) groups is 1. The van der Waals surface area contributed by atoms with Crippen LogP contribution in [-0.4, -0.2) is 33.6 Å². The van der Waals surface area contributed by atoms with Crippen LogP contribution in [0.4, 0.5) is 9.52 Å². The number of aromatic nitrogens is 2. The molecule has 1 aliphatic rings. The van der Waals surface area contributed by atoms with E-state index >= 15 is 0 Å².